The molecule has 8 nitrogen and oxygen atoms in total. The summed E-state index contributed by atoms with van der Waals surface area (Å²) < 4.78 is 0. The van der Waals surface area contributed by atoms with Crippen molar-refractivity contribution in [3.63, 3.8) is 0 Å². The SMILES string of the molecule is CCCCNC(=O)C[C@@H]1N=C2c3ccccc3N=C(SCC(=O)Nc3cccc(C)c3)N2C1=O. The fourth-order valence-electron chi connectivity index (χ4n) is 3.73. The molecule has 0 unspecified atom stereocenters. The Kier molecular flexibility index (Phi) is 7.42. The molecule has 3 amide bonds. The van der Waals surface area contributed by atoms with E-state index in [1.807, 2.05) is 62.4 Å². The van der Waals surface area contributed by atoms with Gasteiger partial charge in [0, 0.05) is 17.8 Å². The number of fused-ring (bicyclic) bond motifs is 3. The Morgan fingerprint density at radius 3 is 2.74 bits per heavy atom. The molecule has 2 N–H and O–H groups in total. The van der Waals surface area contributed by atoms with Gasteiger partial charge in [0.15, 0.2) is 5.17 Å². The number of anilines is 1. The molecule has 0 spiro atoms. The van der Waals surface area contributed by atoms with Gasteiger partial charge in [-0.25, -0.2) is 9.89 Å². The maximum absolute atomic E-state index is 13.2. The van der Waals surface area contributed by atoms with Gasteiger partial charge in [-0.15, -0.1) is 0 Å². The third-order valence-corrected chi connectivity index (χ3v) is 6.35. The highest BCUT2D eigenvalue weighted by molar-refractivity contribution is 8.14. The summed E-state index contributed by atoms with van der Waals surface area (Å²) in [5, 5.41) is 6.10. The van der Waals surface area contributed by atoms with E-state index in [4.69, 9.17) is 0 Å². The number of nitrogens with one attached hydrogen (secondary N) is 2. The molecule has 0 bridgehead atoms. The number of amides is 3. The molecule has 2 aromatic carbocycles. The van der Waals surface area contributed by atoms with Crippen LogP contribution in [0.25, 0.3) is 0 Å². The molecule has 0 aliphatic carbocycles. The van der Waals surface area contributed by atoms with Gasteiger partial charge in [0.25, 0.3) is 5.91 Å². The van der Waals surface area contributed by atoms with Crippen LogP contribution in [-0.4, -0.2) is 52.0 Å². The van der Waals surface area contributed by atoms with Crippen LogP contribution in [0.3, 0.4) is 0 Å². The lowest BCUT2D eigenvalue weighted by Crippen LogP contribution is -2.42. The highest BCUT2D eigenvalue weighted by Gasteiger charge is 2.42. The number of thioether (sulfide) groups is 1. The molecule has 0 aromatic heterocycles. The summed E-state index contributed by atoms with van der Waals surface area (Å²) in [6, 6.07) is 14.2. The lowest BCUT2D eigenvalue weighted by Gasteiger charge is -2.25. The van der Waals surface area contributed by atoms with Crippen LogP contribution in [0, 0.1) is 6.92 Å². The number of amidine groups is 2. The highest BCUT2D eigenvalue weighted by Crippen LogP contribution is 2.34. The van der Waals surface area contributed by atoms with Gasteiger partial charge < -0.3 is 10.6 Å². The summed E-state index contributed by atoms with van der Waals surface area (Å²) >= 11 is 1.17. The summed E-state index contributed by atoms with van der Waals surface area (Å²) in [6.07, 6.45) is 1.84. The van der Waals surface area contributed by atoms with Crippen molar-refractivity contribution >= 4 is 51.9 Å². The maximum Gasteiger partial charge on any atom is 0.259 e. The number of hydrogen-bond donors (Lipinski definition) is 2. The Morgan fingerprint density at radius 2 is 1.94 bits per heavy atom. The summed E-state index contributed by atoms with van der Waals surface area (Å²) in [7, 11) is 0. The summed E-state index contributed by atoms with van der Waals surface area (Å²) in [5.41, 5.74) is 3.18. The predicted molar refractivity (Wildman–Crippen MR) is 136 cm³/mol. The Hall–Kier alpha value is -3.46. The second kappa shape index (κ2) is 10.6. The molecular formula is C25H27N5O3S. The van der Waals surface area contributed by atoms with Crippen LogP contribution in [0.15, 0.2) is 58.5 Å². The van der Waals surface area contributed by atoms with Crippen LogP contribution >= 0.6 is 11.8 Å². The van der Waals surface area contributed by atoms with Crippen molar-refractivity contribution in [2.75, 3.05) is 17.6 Å². The number of nitrogens with zero attached hydrogens (tertiary/aromatic N) is 3. The van der Waals surface area contributed by atoms with Crippen molar-refractivity contribution in [2.45, 2.75) is 39.2 Å². The molecule has 2 aliphatic rings. The average Bonchev–Trinajstić information content (AvgIpc) is 3.14. The third-order valence-electron chi connectivity index (χ3n) is 5.41. The van der Waals surface area contributed by atoms with Crippen molar-refractivity contribution in [3.05, 3.63) is 59.7 Å². The normalized spacial score (nSPS) is 16.4. The molecule has 0 fully saturated rings. The molecule has 0 saturated carbocycles. The zero-order valence-electron chi connectivity index (χ0n) is 19.2. The van der Waals surface area contributed by atoms with Crippen molar-refractivity contribution in [1.29, 1.82) is 0 Å². The second-order valence-electron chi connectivity index (χ2n) is 8.17. The molecule has 2 aromatic rings. The quantitative estimate of drug-likeness (QED) is 0.567. The van der Waals surface area contributed by atoms with Gasteiger partial charge in [-0.1, -0.05) is 49.4 Å². The molecule has 34 heavy (non-hydrogen) atoms. The van der Waals surface area contributed by atoms with E-state index in [-0.39, 0.29) is 29.9 Å². The number of carbonyl (C=O) groups excluding carboxylic acids is 3. The highest BCUT2D eigenvalue weighted by atomic mass is 32.2. The lowest BCUT2D eigenvalue weighted by molar-refractivity contribution is -0.128. The zero-order valence-corrected chi connectivity index (χ0v) is 20.0. The summed E-state index contributed by atoms with van der Waals surface area (Å²) in [6.45, 7) is 4.59. The number of aryl methyl sites for hydroxylation is 1. The third kappa shape index (κ3) is 5.36. The number of hydrogen-bond acceptors (Lipinski definition) is 6. The van der Waals surface area contributed by atoms with Crippen molar-refractivity contribution in [1.82, 2.24) is 10.2 Å². The molecule has 2 aliphatic heterocycles. The standard InChI is InChI=1S/C25H27N5O3S/c1-3-4-12-26-21(31)14-20-24(33)30-23(28-20)18-10-5-6-11-19(18)29-25(30)34-15-22(32)27-17-9-7-8-16(2)13-17/h5-11,13,20H,3-4,12,14-15H2,1-2H3,(H,26,31)(H,27,32)/t20-/m0/s1. The minimum atomic E-state index is -0.810. The Labute approximate surface area is 202 Å². The molecule has 4 rings (SSSR count). The van der Waals surface area contributed by atoms with E-state index in [2.05, 4.69) is 20.6 Å². The lowest BCUT2D eigenvalue weighted by atomic mass is 10.1. The fraction of sp³-hybridized carbons (Fsp3) is 0.320. The number of unbranched alkanes of at least 4 members (excludes halogenated alkanes) is 1. The fourth-order valence-corrected chi connectivity index (χ4v) is 4.54. The molecule has 9 heteroatoms. The van der Waals surface area contributed by atoms with Crippen molar-refractivity contribution in [3.8, 4) is 0 Å². The van der Waals surface area contributed by atoms with Gasteiger partial charge in [0.2, 0.25) is 11.8 Å². The molecule has 176 valence electrons. The van der Waals surface area contributed by atoms with Crippen molar-refractivity contribution in [2.24, 2.45) is 9.98 Å². The zero-order chi connectivity index (χ0) is 24.1. The van der Waals surface area contributed by atoms with E-state index in [0.717, 1.165) is 29.7 Å². The van der Waals surface area contributed by atoms with Crippen LogP contribution in [-0.2, 0) is 14.4 Å². The predicted octanol–water partition coefficient (Wildman–Crippen LogP) is 3.63. The number of rotatable bonds is 8. The van der Waals surface area contributed by atoms with E-state index in [9.17, 15) is 14.4 Å². The maximum atomic E-state index is 13.2. The van der Waals surface area contributed by atoms with Crippen LogP contribution in [0.2, 0.25) is 0 Å². The average molecular weight is 478 g/mol. The van der Waals surface area contributed by atoms with Crippen LogP contribution in [0.4, 0.5) is 11.4 Å². The largest absolute Gasteiger partial charge is 0.356 e. The van der Waals surface area contributed by atoms with Gasteiger partial charge in [-0.2, -0.15) is 0 Å². The van der Waals surface area contributed by atoms with Gasteiger partial charge in [-0.3, -0.25) is 19.4 Å². The van der Waals surface area contributed by atoms with E-state index < -0.39 is 6.04 Å². The molecule has 0 radical (unpaired) electrons. The van der Waals surface area contributed by atoms with E-state index >= 15 is 0 Å². The first-order chi connectivity index (χ1) is 16.5. The monoisotopic (exact) mass is 477 g/mol. The van der Waals surface area contributed by atoms with Gasteiger partial charge in [0.05, 0.1) is 17.9 Å². The number of para-hydroxylation sites is 1. The summed E-state index contributed by atoms with van der Waals surface area (Å²) in [4.78, 5) is 48.8. The summed E-state index contributed by atoms with van der Waals surface area (Å²) in [5.74, 6) is -0.153. The van der Waals surface area contributed by atoms with Crippen LogP contribution < -0.4 is 10.6 Å². The minimum absolute atomic E-state index is 0.0174. The van der Waals surface area contributed by atoms with E-state index in [1.165, 1.54) is 16.7 Å². The molecule has 0 saturated heterocycles. The number of carbonyl (C=O) groups is 3. The Bertz CT molecular complexity index is 1180. The minimum Gasteiger partial charge on any atom is -0.356 e. The van der Waals surface area contributed by atoms with Gasteiger partial charge in [0.1, 0.15) is 11.9 Å². The van der Waals surface area contributed by atoms with E-state index in [1.54, 1.807) is 0 Å². The van der Waals surface area contributed by atoms with Crippen LogP contribution in [0.1, 0.15) is 37.3 Å². The first kappa shape index (κ1) is 23.7. The topological polar surface area (TPSA) is 103 Å². The van der Waals surface area contributed by atoms with Crippen LogP contribution in [0.5, 0.6) is 0 Å². The smallest absolute Gasteiger partial charge is 0.259 e. The first-order valence-corrected chi connectivity index (χ1v) is 12.3. The van der Waals surface area contributed by atoms with Gasteiger partial charge >= 0.3 is 0 Å². The molecule has 2 heterocycles. The molecule has 1 atom stereocenters. The van der Waals surface area contributed by atoms with E-state index in [0.29, 0.717) is 23.2 Å². The van der Waals surface area contributed by atoms with Gasteiger partial charge in [-0.05, 0) is 43.2 Å². The van der Waals surface area contributed by atoms with Crippen molar-refractivity contribution < 1.29 is 14.4 Å². The first-order valence-electron chi connectivity index (χ1n) is 11.3. The number of benzene rings is 2. The number of aliphatic imine (C=N–C) groups is 2. The Balaban J connectivity index is 1.49. The Morgan fingerprint density at radius 1 is 1.12 bits per heavy atom. The second-order valence-corrected chi connectivity index (χ2v) is 9.11. The molecular weight excluding hydrogens is 450 g/mol.